The van der Waals surface area contributed by atoms with Gasteiger partial charge in [0.15, 0.2) is 0 Å². The molecule has 2 heterocycles. The third-order valence-corrected chi connectivity index (χ3v) is 6.87. The summed E-state index contributed by atoms with van der Waals surface area (Å²) in [7, 11) is 3.36. The molecule has 4 aromatic rings. The summed E-state index contributed by atoms with van der Waals surface area (Å²) in [5.41, 5.74) is 11.1. The number of nitrogens with two attached hydrogens (primary N) is 1. The van der Waals surface area contributed by atoms with Gasteiger partial charge in [0, 0.05) is 48.6 Å². The van der Waals surface area contributed by atoms with Gasteiger partial charge in [-0.25, -0.2) is 0 Å². The first kappa shape index (κ1) is 26.9. The largest absolute Gasteiger partial charge is 0.496 e. The molecule has 8 heteroatoms. The van der Waals surface area contributed by atoms with Crippen LogP contribution in [0.15, 0.2) is 42.6 Å². The van der Waals surface area contributed by atoms with Crippen LogP contribution in [0.2, 0.25) is 0 Å². The minimum absolute atomic E-state index is 0.0732. The highest BCUT2D eigenvalue weighted by Gasteiger charge is 2.21. The van der Waals surface area contributed by atoms with E-state index >= 15 is 0 Å². The zero-order valence-electron chi connectivity index (χ0n) is 23.0. The topological polar surface area (TPSA) is 109 Å². The Bertz CT molecular complexity index is 1550. The van der Waals surface area contributed by atoms with Gasteiger partial charge in [-0.15, -0.1) is 0 Å². The number of Topliss-reactive ketones (excluding diaryl/α,β-unsaturated/α-hetero) is 1. The van der Waals surface area contributed by atoms with Crippen molar-refractivity contribution in [2.75, 3.05) is 7.11 Å². The number of nitrogens with zero attached hydrogens (tertiary/aromatic N) is 3. The van der Waals surface area contributed by atoms with E-state index in [0.29, 0.717) is 41.0 Å². The molecule has 2 aromatic carbocycles. The number of benzene rings is 2. The van der Waals surface area contributed by atoms with Crippen molar-refractivity contribution in [2.45, 2.75) is 52.9 Å². The fourth-order valence-corrected chi connectivity index (χ4v) is 4.39. The Balaban J connectivity index is 1.57. The van der Waals surface area contributed by atoms with Crippen LogP contribution in [0.5, 0.6) is 17.2 Å². The van der Waals surface area contributed by atoms with Crippen LogP contribution in [-0.4, -0.2) is 33.6 Å². The second-order valence-corrected chi connectivity index (χ2v) is 10.6. The van der Waals surface area contributed by atoms with Gasteiger partial charge in [0.25, 0.3) is 5.91 Å². The van der Waals surface area contributed by atoms with Crippen molar-refractivity contribution in [3.05, 3.63) is 76.2 Å². The monoisotopic (exact) mass is 514 g/mol. The molecule has 38 heavy (non-hydrogen) atoms. The van der Waals surface area contributed by atoms with Crippen molar-refractivity contribution >= 4 is 22.6 Å². The van der Waals surface area contributed by atoms with Crippen LogP contribution in [0.25, 0.3) is 10.9 Å². The van der Waals surface area contributed by atoms with Crippen LogP contribution < -0.4 is 15.2 Å². The van der Waals surface area contributed by atoms with Crippen LogP contribution in [0.3, 0.4) is 0 Å². The summed E-state index contributed by atoms with van der Waals surface area (Å²) in [4.78, 5) is 29.3. The zero-order chi connectivity index (χ0) is 27.8. The van der Waals surface area contributed by atoms with Crippen molar-refractivity contribution in [1.29, 1.82) is 0 Å². The lowest BCUT2D eigenvalue weighted by molar-refractivity contribution is -0.117. The number of methoxy groups -OCH3 is 1. The molecule has 0 atom stereocenters. The number of pyridine rings is 1. The summed E-state index contributed by atoms with van der Waals surface area (Å²) in [6.07, 6.45) is 2.29. The summed E-state index contributed by atoms with van der Waals surface area (Å²) in [5, 5.41) is 5.23. The number of rotatable bonds is 8. The molecule has 0 fully saturated rings. The number of fused-ring (bicyclic) bond motifs is 1. The molecule has 0 saturated carbocycles. The molecule has 0 radical (unpaired) electrons. The molecule has 0 aliphatic carbocycles. The molecule has 1 amide bonds. The lowest BCUT2D eigenvalue weighted by Gasteiger charge is -2.16. The van der Waals surface area contributed by atoms with E-state index in [1.165, 1.54) is 7.11 Å². The van der Waals surface area contributed by atoms with E-state index in [4.69, 9.17) is 15.2 Å². The quantitative estimate of drug-likeness (QED) is 0.349. The number of carbonyl (C=O) groups is 2. The van der Waals surface area contributed by atoms with Crippen LogP contribution in [-0.2, 0) is 30.1 Å². The van der Waals surface area contributed by atoms with Gasteiger partial charge < -0.3 is 15.2 Å². The van der Waals surface area contributed by atoms with Crippen molar-refractivity contribution in [1.82, 2.24) is 14.8 Å². The van der Waals surface area contributed by atoms with Crippen molar-refractivity contribution < 1.29 is 19.1 Å². The number of aryl methyl sites for hydroxylation is 1. The van der Waals surface area contributed by atoms with Gasteiger partial charge >= 0.3 is 0 Å². The standard InChI is InChI=1S/C30H34N4O4/c1-17-18(2)25(38-26-10-11-32-24-16-27(37-7)23(29(31)36)15-22(24)26)9-8-19(17)12-21(35)13-20-14-28(30(3,4)5)33-34(20)6/h8-11,14-16H,12-13H2,1-7H3,(H2,31,36). The third kappa shape index (κ3) is 5.39. The molecule has 0 bridgehead atoms. The Morgan fingerprint density at radius 3 is 2.34 bits per heavy atom. The second kappa shape index (κ2) is 10.3. The third-order valence-electron chi connectivity index (χ3n) is 6.87. The number of ether oxygens (including phenoxy) is 2. The summed E-state index contributed by atoms with van der Waals surface area (Å²) in [6.45, 7) is 10.3. The Kier molecular flexibility index (Phi) is 7.26. The average molecular weight is 515 g/mol. The first-order valence-corrected chi connectivity index (χ1v) is 12.5. The van der Waals surface area contributed by atoms with Crippen molar-refractivity contribution in [3.8, 4) is 17.2 Å². The van der Waals surface area contributed by atoms with Gasteiger partial charge in [-0.1, -0.05) is 26.8 Å². The number of aromatic nitrogens is 3. The van der Waals surface area contributed by atoms with Gasteiger partial charge in [0.2, 0.25) is 0 Å². The van der Waals surface area contributed by atoms with Crippen LogP contribution in [0, 0.1) is 13.8 Å². The number of carbonyl (C=O) groups excluding carboxylic acids is 2. The molecule has 0 saturated heterocycles. The van der Waals surface area contributed by atoms with E-state index in [0.717, 1.165) is 28.1 Å². The molecule has 198 valence electrons. The van der Waals surface area contributed by atoms with E-state index in [-0.39, 0.29) is 16.8 Å². The SMILES string of the molecule is COc1cc2nccc(Oc3ccc(CC(=O)Cc4cc(C(C)(C)C)nn4C)c(C)c3C)c2cc1C(N)=O. The smallest absolute Gasteiger partial charge is 0.252 e. The van der Waals surface area contributed by atoms with E-state index in [1.54, 1.807) is 29.1 Å². The summed E-state index contributed by atoms with van der Waals surface area (Å²) < 4.78 is 13.4. The van der Waals surface area contributed by atoms with Crippen molar-refractivity contribution in [3.63, 3.8) is 0 Å². The lowest BCUT2D eigenvalue weighted by atomic mass is 9.92. The highest BCUT2D eigenvalue weighted by molar-refractivity contribution is 6.01. The number of hydrogen-bond acceptors (Lipinski definition) is 6. The number of primary amides is 1. The molecular formula is C30H34N4O4. The van der Waals surface area contributed by atoms with E-state index in [1.807, 2.05) is 39.1 Å². The average Bonchev–Trinajstić information content (AvgIpc) is 3.23. The maximum atomic E-state index is 13.0. The molecule has 0 aliphatic heterocycles. The number of ketones is 1. The first-order valence-electron chi connectivity index (χ1n) is 12.5. The molecule has 8 nitrogen and oxygen atoms in total. The fourth-order valence-electron chi connectivity index (χ4n) is 4.39. The predicted octanol–water partition coefficient (Wildman–Crippen LogP) is 5.14. The van der Waals surface area contributed by atoms with Crippen LogP contribution >= 0.6 is 0 Å². The number of amides is 1. The minimum Gasteiger partial charge on any atom is -0.496 e. The second-order valence-electron chi connectivity index (χ2n) is 10.6. The maximum Gasteiger partial charge on any atom is 0.252 e. The highest BCUT2D eigenvalue weighted by Crippen LogP contribution is 2.35. The minimum atomic E-state index is -0.597. The van der Waals surface area contributed by atoms with E-state index < -0.39 is 5.91 Å². The first-order chi connectivity index (χ1) is 17.9. The lowest BCUT2D eigenvalue weighted by Crippen LogP contribution is -2.12. The molecule has 2 N–H and O–H groups in total. The summed E-state index contributed by atoms with van der Waals surface area (Å²) in [6, 6.07) is 10.9. The van der Waals surface area contributed by atoms with Gasteiger partial charge in [-0.3, -0.25) is 19.3 Å². The Morgan fingerprint density at radius 1 is 0.974 bits per heavy atom. The van der Waals surface area contributed by atoms with Gasteiger partial charge in [-0.05, 0) is 54.8 Å². The maximum absolute atomic E-state index is 13.0. The van der Waals surface area contributed by atoms with Gasteiger partial charge in [0.05, 0.1) is 23.9 Å². The summed E-state index contributed by atoms with van der Waals surface area (Å²) in [5.74, 6) is 1.08. The predicted molar refractivity (Wildman–Crippen MR) is 147 cm³/mol. The zero-order valence-corrected chi connectivity index (χ0v) is 23.0. The summed E-state index contributed by atoms with van der Waals surface area (Å²) >= 11 is 0. The molecule has 4 rings (SSSR count). The Hall–Kier alpha value is -4.20. The molecule has 2 aromatic heterocycles. The van der Waals surface area contributed by atoms with Crippen molar-refractivity contribution in [2.24, 2.45) is 12.8 Å². The van der Waals surface area contributed by atoms with Crippen LogP contribution in [0.1, 0.15) is 59.2 Å². The van der Waals surface area contributed by atoms with Gasteiger partial charge in [-0.2, -0.15) is 5.10 Å². The highest BCUT2D eigenvalue weighted by atomic mass is 16.5. The van der Waals surface area contributed by atoms with E-state index in [2.05, 4.69) is 30.9 Å². The Morgan fingerprint density at radius 2 is 1.71 bits per heavy atom. The Labute approximate surface area is 222 Å². The molecule has 0 unspecified atom stereocenters. The van der Waals surface area contributed by atoms with Crippen LogP contribution in [0.4, 0.5) is 0 Å². The normalized spacial score (nSPS) is 11.6. The number of hydrogen-bond donors (Lipinski definition) is 1. The van der Waals surface area contributed by atoms with E-state index in [9.17, 15) is 9.59 Å². The van der Waals surface area contributed by atoms with Gasteiger partial charge in [0.1, 0.15) is 23.0 Å². The molecule has 0 spiro atoms. The fraction of sp³-hybridized carbons (Fsp3) is 0.333. The molecular weight excluding hydrogens is 480 g/mol. The molecule has 0 aliphatic rings.